The van der Waals surface area contributed by atoms with Gasteiger partial charge in [0.1, 0.15) is 0 Å². The number of carbonyl (C=O) groups is 1. The maximum absolute atomic E-state index is 12.9. The van der Waals surface area contributed by atoms with Crippen molar-refractivity contribution >= 4 is 17.7 Å². The first-order valence-corrected chi connectivity index (χ1v) is 13.9. The second kappa shape index (κ2) is 11.0. The molecule has 2 aliphatic rings. The number of hydrogen-bond acceptors (Lipinski definition) is 3. The zero-order valence-electron chi connectivity index (χ0n) is 20.7. The summed E-state index contributed by atoms with van der Waals surface area (Å²) in [6.07, 6.45) is 4.04. The molecule has 2 heterocycles. The van der Waals surface area contributed by atoms with Crippen LogP contribution in [0.25, 0.3) is 0 Å². The maximum atomic E-state index is 12.9. The molecular weight excluding hydrogens is 448 g/mol. The van der Waals surface area contributed by atoms with Crippen LogP contribution in [0, 0.1) is 0 Å². The Hall–Kier alpha value is -2.56. The predicted octanol–water partition coefficient (Wildman–Crippen LogP) is 6.00. The van der Waals surface area contributed by atoms with E-state index in [9.17, 15) is 4.79 Å². The molecule has 4 heteroatoms. The standard InChI is InChI=1S/C31H36N2OS/c1-32(30(34)22-25-10-4-2-5-11-25)23-27(26-12-6-3-7-13-26)16-19-33-20-17-31(18-21-33)24-35-29-15-9-8-14-28(29)31/h2-15,27H,16-24H2,1H3. The number of carbonyl (C=O) groups excluding carboxylic acids is 1. The van der Waals surface area contributed by atoms with Gasteiger partial charge in [0, 0.05) is 35.6 Å². The van der Waals surface area contributed by atoms with E-state index in [0.29, 0.717) is 17.8 Å². The molecule has 35 heavy (non-hydrogen) atoms. The molecule has 0 saturated carbocycles. The van der Waals surface area contributed by atoms with Gasteiger partial charge in [-0.3, -0.25) is 4.79 Å². The summed E-state index contributed by atoms with van der Waals surface area (Å²) in [4.78, 5) is 19.0. The second-order valence-corrected chi connectivity index (χ2v) is 11.3. The average molecular weight is 485 g/mol. The van der Waals surface area contributed by atoms with Crippen LogP contribution in [0.3, 0.4) is 0 Å². The minimum absolute atomic E-state index is 0.189. The molecule has 1 atom stereocenters. The Labute approximate surface area is 214 Å². The Morgan fingerprint density at radius 2 is 1.60 bits per heavy atom. The van der Waals surface area contributed by atoms with E-state index in [1.54, 1.807) is 5.56 Å². The average Bonchev–Trinajstić information content (AvgIpc) is 3.26. The number of amides is 1. The van der Waals surface area contributed by atoms with Gasteiger partial charge in [-0.15, -0.1) is 11.8 Å². The van der Waals surface area contributed by atoms with Crippen molar-refractivity contribution in [2.75, 3.05) is 39.0 Å². The minimum atomic E-state index is 0.189. The number of thioether (sulfide) groups is 1. The van der Waals surface area contributed by atoms with E-state index >= 15 is 0 Å². The van der Waals surface area contributed by atoms with Crippen molar-refractivity contribution in [3.8, 4) is 0 Å². The molecule has 0 bridgehead atoms. The molecule has 3 nitrogen and oxygen atoms in total. The molecular formula is C31H36N2OS. The van der Waals surface area contributed by atoms with Crippen LogP contribution in [0.1, 0.15) is 41.9 Å². The summed E-state index contributed by atoms with van der Waals surface area (Å²) in [5.41, 5.74) is 4.38. The minimum Gasteiger partial charge on any atom is -0.345 e. The second-order valence-electron chi connectivity index (χ2n) is 10.2. The Morgan fingerprint density at radius 3 is 2.34 bits per heavy atom. The van der Waals surface area contributed by atoms with Gasteiger partial charge in [0.25, 0.3) is 0 Å². The fraction of sp³-hybridized carbons (Fsp3) is 0.387. The molecule has 1 amide bonds. The Kier molecular flexibility index (Phi) is 7.60. The van der Waals surface area contributed by atoms with Crippen LogP contribution in [-0.4, -0.2) is 54.7 Å². The molecule has 0 aromatic heterocycles. The lowest BCUT2D eigenvalue weighted by Gasteiger charge is -2.40. The van der Waals surface area contributed by atoms with Crippen LogP contribution in [0.5, 0.6) is 0 Å². The monoisotopic (exact) mass is 484 g/mol. The van der Waals surface area contributed by atoms with Crippen LogP contribution < -0.4 is 0 Å². The summed E-state index contributed by atoms with van der Waals surface area (Å²) in [6, 6.07) is 29.8. The molecule has 0 radical (unpaired) electrons. The number of likely N-dealkylation sites (tertiary alicyclic amines) is 1. The summed E-state index contributed by atoms with van der Waals surface area (Å²) in [5.74, 6) is 1.77. The molecule has 3 aromatic rings. The number of rotatable bonds is 8. The van der Waals surface area contributed by atoms with Crippen molar-refractivity contribution < 1.29 is 4.79 Å². The number of piperidine rings is 1. The summed E-state index contributed by atoms with van der Waals surface area (Å²) in [7, 11) is 1.96. The molecule has 2 aliphatic heterocycles. The molecule has 5 rings (SSSR count). The third kappa shape index (κ3) is 5.65. The van der Waals surface area contributed by atoms with Crippen molar-refractivity contribution in [1.29, 1.82) is 0 Å². The van der Waals surface area contributed by atoms with Crippen molar-refractivity contribution in [3.63, 3.8) is 0 Å². The first kappa shape index (κ1) is 24.1. The zero-order chi connectivity index (χ0) is 24.1. The van der Waals surface area contributed by atoms with E-state index in [1.165, 1.54) is 42.1 Å². The van der Waals surface area contributed by atoms with Gasteiger partial charge < -0.3 is 9.80 Å². The molecule has 1 saturated heterocycles. The van der Waals surface area contributed by atoms with Gasteiger partial charge in [0.15, 0.2) is 0 Å². The van der Waals surface area contributed by atoms with E-state index in [-0.39, 0.29) is 5.91 Å². The molecule has 1 spiro atoms. The lowest BCUT2D eigenvalue weighted by Crippen LogP contribution is -2.43. The highest BCUT2D eigenvalue weighted by molar-refractivity contribution is 7.99. The Morgan fingerprint density at radius 1 is 0.943 bits per heavy atom. The van der Waals surface area contributed by atoms with Crippen molar-refractivity contribution in [1.82, 2.24) is 9.80 Å². The van der Waals surface area contributed by atoms with E-state index in [2.05, 4.69) is 59.5 Å². The number of nitrogens with zero attached hydrogens (tertiary/aromatic N) is 2. The Bertz CT molecular complexity index is 1110. The lowest BCUT2D eigenvalue weighted by atomic mass is 9.74. The van der Waals surface area contributed by atoms with Crippen LogP contribution in [0.15, 0.2) is 89.8 Å². The third-order valence-electron chi connectivity index (χ3n) is 7.96. The molecule has 1 fully saturated rings. The quantitative estimate of drug-likeness (QED) is 0.392. The normalized spacial score (nSPS) is 17.7. The fourth-order valence-corrected chi connectivity index (χ4v) is 7.20. The zero-order valence-corrected chi connectivity index (χ0v) is 21.6. The first-order chi connectivity index (χ1) is 17.1. The van der Waals surface area contributed by atoms with E-state index in [0.717, 1.165) is 25.1 Å². The highest BCUT2D eigenvalue weighted by Gasteiger charge is 2.41. The molecule has 0 aliphatic carbocycles. The van der Waals surface area contributed by atoms with E-state index in [1.807, 2.05) is 54.0 Å². The van der Waals surface area contributed by atoms with Gasteiger partial charge in [0.2, 0.25) is 5.91 Å². The first-order valence-electron chi connectivity index (χ1n) is 12.9. The van der Waals surface area contributed by atoms with Gasteiger partial charge in [0.05, 0.1) is 6.42 Å². The van der Waals surface area contributed by atoms with Gasteiger partial charge in [-0.05, 0) is 61.7 Å². The fourth-order valence-electron chi connectivity index (χ4n) is 5.71. The Balaban J connectivity index is 1.19. The number of fused-ring (bicyclic) bond motifs is 2. The SMILES string of the molecule is CN(CC(CCN1CCC2(CC1)CSc1ccccc12)c1ccccc1)C(=O)Cc1ccccc1. The smallest absolute Gasteiger partial charge is 0.226 e. The summed E-state index contributed by atoms with van der Waals surface area (Å²) >= 11 is 2.04. The van der Waals surface area contributed by atoms with Crippen molar-refractivity contribution in [2.24, 2.45) is 0 Å². The van der Waals surface area contributed by atoms with Crippen LogP contribution in [0.4, 0.5) is 0 Å². The van der Waals surface area contributed by atoms with E-state index < -0.39 is 0 Å². The van der Waals surface area contributed by atoms with Crippen LogP contribution in [-0.2, 0) is 16.6 Å². The lowest BCUT2D eigenvalue weighted by molar-refractivity contribution is -0.129. The van der Waals surface area contributed by atoms with Gasteiger partial charge in [-0.1, -0.05) is 78.9 Å². The highest BCUT2D eigenvalue weighted by atomic mass is 32.2. The molecule has 182 valence electrons. The van der Waals surface area contributed by atoms with Crippen molar-refractivity contribution in [3.05, 3.63) is 102 Å². The van der Waals surface area contributed by atoms with Gasteiger partial charge >= 0.3 is 0 Å². The van der Waals surface area contributed by atoms with Gasteiger partial charge in [-0.25, -0.2) is 0 Å². The highest BCUT2D eigenvalue weighted by Crippen LogP contribution is 2.49. The topological polar surface area (TPSA) is 23.6 Å². The number of likely N-dealkylation sites (N-methyl/N-ethyl adjacent to an activating group) is 1. The van der Waals surface area contributed by atoms with Gasteiger partial charge in [-0.2, -0.15) is 0 Å². The third-order valence-corrected chi connectivity index (χ3v) is 9.32. The predicted molar refractivity (Wildman–Crippen MR) is 146 cm³/mol. The largest absolute Gasteiger partial charge is 0.345 e. The number of hydrogen-bond donors (Lipinski definition) is 0. The summed E-state index contributed by atoms with van der Waals surface area (Å²) < 4.78 is 0. The van der Waals surface area contributed by atoms with Crippen LogP contribution >= 0.6 is 11.8 Å². The van der Waals surface area contributed by atoms with Crippen LogP contribution in [0.2, 0.25) is 0 Å². The number of benzene rings is 3. The molecule has 3 aromatic carbocycles. The maximum Gasteiger partial charge on any atom is 0.226 e. The van der Waals surface area contributed by atoms with E-state index in [4.69, 9.17) is 0 Å². The molecule has 0 N–H and O–H groups in total. The summed E-state index contributed by atoms with van der Waals surface area (Å²) in [6.45, 7) is 4.18. The molecule has 1 unspecified atom stereocenters. The van der Waals surface area contributed by atoms with Crippen molar-refractivity contribution in [2.45, 2.75) is 41.9 Å². The summed E-state index contributed by atoms with van der Waals surface area (Å²) in [5, 5.41) is 0.